The molecule has 4 heteroatoms. The number of benzene rings is 1. The number of carbonyl (C=O) groups excluding carboxylic acids is 1. The SMILES string of the molecule is CC(=O)O/C=C(\C)Cc1ccc2cc1OCO2. The van der Waals surface area contributed by atoms with Crippen LogP contribution in [0.5, 0.6) is 11.5 Å². The van der Waals surface area contributed by atoms with Crippen molar-refractivity contribution in [3.05, 3.63) is 35.6 Å². The molecule has 0 saturated heterocycles. The van der Waals surface area contributed by atoms with Crippen LogP contribution in [0.2, 0.25) is 0 Å². The molecule has 0 aliphatic carbocycles. The molecule has 0 saturated carbocycles. The molecule has 0 spiro atoms. The van der Waals surface area contributed by atoms with Crippen LogP contribution in [0.25, 0.3) is 0 Å². The second-order valence-electron chi connectivity index (χ2n) is 3.93. The molecule has 2 bridgehead atoms. The van der Waals surface area contributed by atoms with Gasteiger partial charge in [0.2, 0.25) is 6.79 Å². The van der Waals surface area contributed by atoms with Crippen LogP contribution in [-0.4, -0.2) is 12.8 Å². The molecule has 0 radical (unpaired) electrons. The van der Waals surface area contributed by atoms with E-state index in [4.69, 9.17) is 14.2 Å². The quantitative estimate of drug-likeness (QED) is 0.595. The van der Waals surface area contributed by atoms with Gasteiger partial charge in [0.15, 0.2) is 0 Å². The van der Waals surface area contributed by atoms with Crippen LogP contribution in [0.3, 0.4) is 0 Å². The first-order valence-corrected chi connectivity index (χ1v) is 5.36. The van der Waals surface area contributed by atoms with E-state index in [0.29, 0.717) is 6.42 Å². The summed E-state index contributed by atoms with van der Waals surface area (Å²) < 4.78 is 15.4. The van der Waals surface area contributed by atoms with E-state index in [-0.39, 0.29) is 12.8 Å². The van der Waals surface area contributed by atoms with E-state index in [9.17, 15) is 4.79 Å². The van der Waals surface area contributed by atoms with Crippen molar-refractivity contribution in [2.24, 2.45) is 0 Å². The van der Waals surface area contributed by atoms with Gasteiger partial charge in [0.05, 0.1) is 6.26 Å². The van der Waals surface area contributed by atoms with Crippen molar-refractivity contribution in [3.63, 3.8) is 0 Å². The standard InChI is InChI=1S/C13H14O4/c1-9(7-15-10(2)14)5-11-3-4-12-6-13(11)17-8-16-12/h3-4,6-7H,5,8H2,1-2H3/b9-7+. The van der Waals surface area contributed by atoms with Crippen molar-refractivity contribution in [1.29, 1.82) is 0 Å². The molecule has 0 fully saturated rings. The maximum absolute atomic E-state index is 10.7. The van der Waals surface area contributed by atoms with Gasteiger partial charge in [-0.3, -0.25) is 4.79 Å². The predicted octanol–water partition coefficient (Wildman–Crippen LogP) is 2.42. The number of rotatable bonds is 3. The highest BCUT2D eigenvalue weighted by Crippen LogP contribution is 2.29. The number of hydrogen-bond donors (Lipinski definition) is 0. The highest BCUT2D eigenvalue weighted by Gasteiger charge is 2.11. The van der Waals surface area contributed by atoms with Crippen LogP contribution in [0, 0.1) is 0 Å². The largest absolute Gasteiger partial charge is 0.457 e. The smallest absolute Gasteiger partial charge is 0.307 e. The van der Waals surface area contributed by atoms with Gasteiger partial charge >= 0.3 is 5.97 Å². The monoisotopic (exact) mass is 234 g/mol. The van der Waals surface area contributed by atoms with Crippen molar-refractivity contribution < 1.29 is 19.0 Å². The summed E-state index contributed by atoms with van der Waals surface area (Å²) in [6.07, 6.45) is 2.16. The number of esters is 1. The van der Waals surface area contributed by atoms with Gasteiger partial charge in [0.1, 0.15) is 11.5 Å². The summed E-state index contributed by atoms with van der Waals surface area (Å²) in [5, 5.41) is 0. The Morgan fingerprint density at radius 1 is 1.41 bits per heavy atom. The van der Waals surface area contributed by atoms with Crippen molar-refractivity contribution in [2.45, 2.75) is 20.3 Å². The molecule has 1 aliphatic heterocycles. The topological polar surface area (TPSA) is 44.8 Å². The average Bonchev–Trinajstić information content (AvgIpc) is 2.31. The predicted molar refractivity (Wildman–Crippen MR) is 61.8 cm³/mol. The third kappa shape index (κ3) is 3.00. The second-order valence-corrected chi connectivity index (χ2v) is 3.93. The first-order valence-electron chi connectivity index (χ1n) is 5.36. The molecule has 1 aromatic carbocycles. The van der Waals surface area contributed by atoms with E-state index >= 15 is 0 Å². The first kappa shape index (κ1) is 11.5. The Labute approximate surface area is 99.8 Å². The molecule has 0 amide bonds. The fourth-order valence-corrected chi connectivity index (χ4v) is 1.59. The molecule has 1 aromatic rings. The second kappa shape index (κ2) is 4.91. The van der Waals surface area contributed by atoms with E-state index in [2.05, 4.69) is 0 Å². The molecular weight excluding hydrogens is 220 g/mol. The molecule has 0 aromatic heterocycles. The summed E-state index contributed by atoms with van der Waals surface area (Å²) in [6, 6.07) is 5.72. The summed E-state index contributed by atoms with van der Waals surface area (Å²) in [4.78, 5) is 10.7. The maximum atomic E-state index is 10.7. The molecule has 4 nitrogen and oxygen atoms in total. The van der Waals surface area contributed by atoms with E-state index in [1.807, 2.05) is 25.1 Å². The highest BCUT2D eigenvalue weighted by atomic mass is 16.7. The highest BCUT2D eigenvalue weighted by molar-refractivity contribution is 5.66. The zero-order chi connectivity index (χ0) is 12.3. The number of allylic oxidation sites excluding steroid dienone is 1. The molecule has 1 aliphatic rings. The lowest BCUT2D eigenvalue weighted by molar-refractivity contribution is -0.135. The summed E-state index contributed by atoms with van der Waals surface area (Å²) in [7, 11) is 0. The zero-order valence-corrected chi connectivity index (χ0v) is 9.86. The minimum Gasteiger partial charge on any atom is -0.457 e. The van der Waals surface area contributed by atoms with Crippen molar-refractivity contribution in [2.75, 3.05) is 6.79 Å². The van der Waals surface area contributed by atoms with Crippen LogP contribution < -0.4 is 9.47 Å². The third-order valence-corrected chi connectivity index (χ3v) is 2.37. The summed E-state index contributed by atoms with van der Waals surface area (Å²) in [5.74, 6) is 1.33. The number of fused-ring (bicyclic) bond motifs is 2. The number of ether oxygens (including phenoxy) is 3. The lowest BCUT2D eigenvalue weighted by Gasteiger charge is -2.18. The van der Waals surface area contributed by atoms with Gasteiger partial charge in [-0.15, -0.1) is 0 Å². The van der Waals surface area contributed by atoms with E-state index in [1.54, 1.807) is 0 Å². The van der Waals surface area contributed by atoms with Crippen molar-refractivity contribution >= 4 is 5.97 Å². The van der Waals surface area contributed by atoms with Crippen LogP contribution in [0.15, 0.2) is 30.0 Å². The Kier molecular flexibility index (Phi) is 3.32. The van der Waals surface area contributed by atoms with Crippen LogP contribution in [0.1, 0.15) is 19.4 Å². The minimum atomic E-state index is -0.314. The van der Waals surface area contributed by atoms with Gasteiger partial charge in [-0.2, -0.15) is 0 Å². The maximum Gasteiger partial charge on any atom is 0.307 e. The molecular formula is C13H14O4. The molecule has 1 heterocycles. The van der Waals surface area contributed by atoms with Crippen LogP contribution >= 0.6 is 0 Å². The van der Waals surface area contributed by atoms with E-state index in [0.717, 1.165) is 22.6 Å². The van der Waals surface area contributed by atoms with Crippen molar-refractivity contribution in [3.8, 4) is 11.5 Å². The molecule has 0 atom stereocenters. The van der Waals surface area contributed by atoms with Gasteiger partial charge in [-0.05, 0) is 24.1 Å². The van der Waals surface area contributed by atoms with Crippen molar-refractivity contribution in [1.82, 2.24) is 0 Å². The summed E-state index contributed by atoms with van der Waals surface area (Å²) in [5.41, 5.74) is 2.01. The number of carbonyl (C=O) groups is 1. The van der Waals surface area contributed by atoms with Gasteiger partial charge < -0.3 is 14.2 Å². The first-order chi connectivity index (χ1) is 8.15. The average molecular weight is 234 g/mol. The fourth-order valence-electron chi connectivity index (χ4n) is 1.59. The fraction of sp³-hybridized carbons (Fsp3) is 0.308. The Hall–Kier alpha value is -1.97. The van der Waals surface area contributed by atoms with Gasteiger partial charge in [0.25, 0.3) is 0 Å². The number of hydrogen-bond acceptors (Lipinski definition) is 4. The third-order valence-electron chi connectivity index (χ3n) is 2.37. The Morgan fingerprint density at radius 2 is 2.24 bits per heavy atom. The van der Waals surface area contributed by atoms with Crippen LogP contribution in [-0.2, 0) is 16.0 Å². The lowest BCUT2D eigenvalue weighted by Crippen LogP contribution is -2.12. The molecule has 0 unspecified atom stereocenters. The Bertz CT molecular complexity index is 462. The molecule has 17 heavy (non-hydrogen) atoms. The summed E-state index contributed by atoms with van der Waals surface area (Å²) >= 11 is 0. The van der Waals surface area contributed by atoms with Gasteiger partial charge in [-0.1, -0.05) is 6.07 Å². The minimum absolute atomic E-state index is 0.252. The van der Waals surface area contributed by atoms with Gasteiger partial charge in [-0.25, -0.2) is 0 Å². The van der Waals surface area contributed by atoms with E-state index in [1.165, 1.54) is 13.2 Å². The Morgan fingerprint density at radius 3 is 3.00 bits per heavy atom. The summed E-state index contributed by atoms with van der Waals surface area (Å²) in [6.45, 7) is 3.54. The van der Waals surface area contributed by atoms with E-state index < -0.39 is 0 Å². The zero-order valence-electron chi connectivity index (χ0n) is 9.86. The van der Waals surface area contributed by atoms with Gasteiger partial charge in [0, 0.05) is 19.4 Å². The lowest BCUT2D eigenvalue weighted by atomic mass is 10.1. The normalized spacial score (nSPS) is 13.6. The molecule has 0 N–H and O–H groups in total. The van der Waals surface area contributed by atoms with Crippen LogP contribution in [0.4, 0.5) is 0 Å². The Balaban J connectivity index is 2.09. The molecule has 2 rings (SSSR count). The molecule has 90 valence electrons.